The van der Waals surface area contributed by atoms with Crippen molar-refractivity contribution >= 4 is 21.9 Å². The van der Waals surface area contributed by atoms with Crippen LogP contribution in [0, 0.1) is 0 Å². The molecule has 0 unspecified atom stereocenters. The van der Waals surface area contributed by atoms with Crippen molar-refractivity contribution < 1.29 is 5.11 Å². The van der Waals surface area contributed by atoms with Gasteiger partial charge in [-0.15, -0.1) is 0 Å². The Balaban J connectivity index is 1.09. The second-order valence-electron chi connectivity index (χ2n) is 14.8. The number of aromatic hydroxyl groups is 1. The van der Waals surface area contributed by atoms with E-state index in [1.54, 1.807) is 6.20 Å². The lowest BCUT2D eigenvalue weighted by atomic mass is 9.79. The Morgan fingerprint density at radius 2 is 1.14 bits per heavy atom. The van der Waals surface area contributed by atoms with Crippen molar-refractivity contribution in [3.63, 3.8) is 0 Å². The third-order valence-corrected chi connectivity index (χ3v) is 11.4. The van der Waals surface area contributed by atoms with Crippen LogP contribution in [-0.4, -0.2) is 19.6 Å². The van der Waals surface area contributed by atoms with Crippen molar-refractivity contribution in [2.45, 2.75) is 38.5 Å². The Labute approximate surface area is 291 Å². The van der Waals surface area contributed by atoms with Crippen molar-refractivity contribution in [1.82, 2.24) is 14.5 Å². The van der Waals surface area contributed by atoms with Gasteiger partial charge in [-0.2, -0.15) is 0 Å². The van der Waals surface area contributed by atoms with E-state index >= 15 is 0 Å². The first-order valence-electron chi connectivity index (χ1n) is 17.3. The first kappa shape index (κ1) is 29.0. The molecular formula is C46H35N3O. The topological polar surface area (TPSA) is 50.9 Å². The van der Waals surface area contributed by atoms with Gasteiger partial charge in [0, 0.05) is 39.2 Å². The lowest BCUT2D eigenvalue weighted by Crippen LogP contribution is -2.17. The number of pyridine rings is 1. The van der Waals surface area contributed by atoms with Gasteiger partial charge in [-0.1, -0.05) is 94.4 Å². The number of benzene rings is 6. The lowest BCUT2D eigenvalue weighted by Gasteiger charge is -2.24. The molecule has 1 N–H and O–H groups in total. The molecule has 0 fully saturated rings. The van der Waals surface area contributed by atoms with Crippen molar-refractivity contribution in [1.29, 1.82) is 0 Å². The van der Waals surface area contributed by atoms with E-state index in [-0.39, 0.29) is 16.6 Å². The molecule has 240 valence electrons. The van der Waals surface area contributed by atoms with Crippen LogP contribution in [0.1, 0.15) is 49.9 Å². The first-order chi connectivity index (χ1) is 24.2. The van der Waals surface area contributed by atoms with E-state index in [4.69, 9.17) is 4.98 Å². The van der Waals surface area contributed by atoms with E-state index in [9.17, 15) is 5.11 Å². The summed E-state index contributed by atoms with van der Waals surface area (Å²) in [4.78, 5) is 9.63. The van der Waals surface area contributed by atoms with Gasteiger partial charge in [0.15, 0.2) is 0 Å². The molecule has 2 heterocycles. The SMILES string of the molecule is CC1(C)c2cc(-c3ccc4cccnc4c3O)ccc2-c2cc3c(cc21)-c1ccc(-c2nc4ccccc4n2-c2ccccc2)cc1C3(C)C. The van der Waals surface area contributed by atoms with Crippen molar-refractivity contribution in [2.24, 2.45) is 0 Å². The Bertz CT molecular complexity index is 2720. The van der Waals surface area contributed by atoms with Crippen LogP contribution in [0.25, 0.3) is 72.4 Å². The van der Waals surface area contributed by atoms with Crippen LogP contribution >= 0.6 is 0 Å². The molecule has 0 aliphatic heterocycles. The molecule has 0 amide bonds. The highest BCUT2D eigenvalue weighted by Crippen LogP contribution is 2.57. The number of nitrogens with zero attached hydrogens (tertiary/aromatic N) is 3. The van der Waals surface area contributed by atoms with Gasteiger partial charge in [0.25, 0.3) is 0 Å². The number of hydrogen-bond acceptors (Lipinski definition) is 3. The Morgan fingerprint density at radius 3 is 1.86 bits per heavy atom. The summed E-state index contributed by atoms with van der Waals surface area (Å²) >= 11 is 0. The molecule has 6 aromatic carbocycles. The zero-order valence-corrected chi connectivity index (χ0v) is 28.5. The second kappa shape index (κ2) is 10.0. The van der Waals surface area contributed by atoms with Gasteiger partial charge < -0.3 is 5.11 Å². The molecule has 4 nitrogen and oxygen atoms in total. The fourth-order valence-electron chi connectivity index (χ4n) is 8.69. The second-order valence-corrected chi connectivity index (χ2v) is 14.8. The molecule has 0 saturated carbocycles. The van der Waals surface area contributed by atoms with Gasteiger partial charge >= 0.3 is 0 Å². The minimum Gasteiger partial charge on any atom is -0.505 e. The molecular weight excluding hydrogens is 611 g/mol. The van der Waals surface area contributed by atoms with Crippen LogP contribution < -0.4 is 0 Å². The number of fused-ring (bicyclic) bond motifs is 8. The predicted molar refractivity (Wildman–Crippen MR) is 204 cm³/mol. The highest BCUT2D eigenvalue weighted by atomic mass is 16.3. The molecule has 8 aromatic rings. The summed E-state index contributed by atoms with van der Waals surface area (Å²) in [5.74, 6) is 1.18. The molecule has 0 saturated heterocycles. The predicted octanol–water partition coefficient (Wildman–Crippen LogP) is 11.2. The van der Waals surface area contributed by atoms with Crippen LogP contribution in [0.3, 0.4) is 0 Å². The maximum Gasteiger partial charge on any atom is 0.149 e. The van der Waals surface area contributed by atoms with Crippen LogP contribution in [0.15, 0.2) is 134 Å². The van der Waals surface area contributed by atoms with E-state index in [2.05, 4.69) is 140 Å². The van der Waals surface area contributed by atoms with Gasteiger partial charge in [0.05, 0.1) is 11.0 Å². The van der Waals surface area contributed by atoms with Crippen molar-refractivity contribution in [3.05, 3.63) is 156 Å². The van der Waals surface area contributed by atoms with Gasteiger partial charge in [-0.25, -0.2) is 4.98 Å². The maximum absolute atomic E-state index is 11.3. The normalized spacial score (nSPS) is 14.8. The number of imidazole rings is 1. The average molecular weight is 646 g/mol. The summed E-state index contributed by atoms with van der Waals surface area (Å²) in [7, 11) is 0. The average Bonchev–Trinajstić information content (AvgIpc) is 3.71. The van der Waals surface area contributed by atoms with Crippen LogP contribution in [0.4, 0.5) is 0 Å². The van der Waals surface area contributed by atoms with E-state index in [1.807, 2.05) is 24.3 Å². The highest BCUT2D eigenvalue weighted by Gasteiger charge is 2.42. The largest absolute Gasteiger partial charge is 0.505 e. The third kappa shape index (κ3) is 3.87. The van der Waals surface area contributed by atoms with E-state index in [0.29, 0.717) is 5.52 Å². The van der Waals surface area contributed by atoms with Crippen LogP contribution in [0.5, 0.6) is 5.75 Å². The van der Waals surface area contributed by atoms with Gasteiger partial charge in [0.1, 0.15) is 17.1 Å². The standard InChI is InChI=1S/C46H35N3O/c1-45(2)36-23-28(31-19-16-27-11-10-22-47-42(27)43(31)50)17-20-32(36)34-25-39-35(26-38(34)45)33-21-18-29(24-37(33)46(39,3)4)44-48-40-14-8-9-15-41(40)49(44)30-12-6-5-7-13-30/h5-26,50H,1-4H3. The van der Waals surface area contributed by atoms with E-state index in [1.165, 1.54) is 44.5 Å². The quantitative estimate of drug-likeness (QED) is 0.208. The van der Waals surface area contributed by atoms with Gasteiger partial charge in [0.2, 0.25) is 0 Å². The third-order valence-electron chi connectivity index (χ3n) is 11.4. The van der Waals surface area contributed by atoms with E-state index in [0.717, 1.165) is 44.6 Å². The highest BCUT2D eigenvalue weighted by molar-refractivity contribution is 5.95. The summed E-state index contributed by atoms with van der Waals surface area (Å²) in [6.45, 7) is 9.37. The number of phenolic OH excluding ortho intramolecular Hbond substituents is 1. The van der Waals surface area contributed by atoms with Gasteiger partial charge in [-0.05, 0) is 111 Å². The number of aromatic nitrogens is 3. The van der Waals surface area contributed by atoms with Crippen LogP contribution in [-0.2, 0) is 10.8 Å². The fourth-order valence-corrected chi connectivity index (χ4v) is 8.69. The summed E-state index contributed by atoms with van der Waals surface area (Å²) in [5, 5.41) is 12.2. The van der Waals surface area contributed by atoms with Crippen molar-refractivity contribution in [3.8, 4) is 56.2 Å². The van der Waals surface area contributed by atoms with E-state index < -0.39 is 0 Å². The summed E-state index contributed by atoms with van der Waals surface area (Å²) in [5.41, 5.74) is 16.8. The van der Waals surface area contributed by atoms with Crippen molar-refractivity contribution in [2.75, 3.05) is 0 Å². The maximum atomic E-state index is 11.3. The molecule has 0 spiro atoms. The monoisotopic (exact) mass is 645 g/mol. The minimum absolute atomic E-state index is 0.198. The number of rotatable bonds is 3. The molecule has 0 bridgehead atoms. The molecule has 2 aliphatic rings. The molecule has 0 radical (unpaired) electrons. The van der Waals surface area contributed by atoms with Crippen LogP contribution in [0.2, 0.25) is 0 Å². The first-order valence-corrected chi connectivity index (χ1v) is 17.3. The summed E-state index contributed by atoms with van der Waals surface area (Å²) in [6.07, 6.45) is 1.73. The molecule has 4 heteroatoms. The lowest BCUT2D eigenvalue weighted by molar-refractivity contribution is 0.482. The number of phenols is 1. The summed E-state index contributed by atoms with van der Waals surface area (Å²) < 4.78 is 2.28. The van der Waals surface area contributed by atoms with Gasteiger partial charge in [-0.3, -0.25) is 9.55 Å². The smallest absolute Gasteiger partial charge is 0.149 e. The molecule has 2 aliphatic carbocycles. The molecule has 10 rings (SSSR count). The Morgan fingerprint density at radius 1 is 0.540 bits per heavy atom. The molecule has 2 aromatic heterocycles. The minimum atomic E-state index is -0.214. The zero-order chi connectivity index (χ0) is 33.9. The molecule has 50 heavy (non-hydrogen) atoms. The Hall–Kier alpha value is -6.00. The number of para-hydroxylation sites is 3. The zero-order valence-electron chi connectivity index (χ0n) is 28.5. The fraction of sp³-hybridized carbons (Fsp3) is 0.130. The molecule has 0 atom stereocenters. The number of hydrogen-bond donors (Lipinski definition) is 1. The summed E-state index contributed by atoms with van der Waals surface area (Å²) in [6, 6.07) is 45.3. The Kier molecular flexibility index (Phi) is 5.80.